The van der Waals surface area contributed by atoms with Gasteiger partial charge in [0.15, 0.2) is 0 Å². The first kappa shape index (κ1) is 13.3. The smallest absolute Gasteiger partial charge is 0.140 e. The van der Waals surface area contributed by atoms with Gasteiger partial charge in [0.1, 0.15) is 17.4 Å². The normalized spacial score (nSPS) is 12.4. The molecule has 0 bridgehead atoms. The van der Waals surface area contributed by atoms with Gasteiger partial charge in [-0.05, 0) is 38.1 Å². The number of thiazole rings is 1. The molecule has 1 atom stereocenters. The second-order valence-electron chi connectivity index (χ2n) is 4.09. The summed E-state index contributed by atoms with van der Waals surface area (Å²) in [5.74, 6) is 0.787. The Morgan fingerprint density at radius 2 is 2.06 bits per heavy atom. The SMILES string of the molecule is Cc1nc(COc2ccc(Cl)cc2)sc1C(C)N. The molecule has 0 spiro atoms. The molecule has 2 aromatic rings. The summed E-state index contributed by atoms with van der Waals surface area (Å²) in [6.07, 6.45) is 0. The first-order valence-electron chi connectivity index (χ1n) is 5.66. The molecule has 1 heterocycles. The van der Waals surface area contributed by atoms with Gasteiger partial charge in [0.2, 0.25) is 0 Å². The lowest BCUT2D eigenvalue weighted by Gasteiger charge is -2.03. The molecule has 0 saturated heterocycles. The molecule has 1 aromatic heterocycles. The molecule has 2 rings (SSSR count). The van der Waals surface area contributed by atoms with Crippen molar-refractivity contribution in [2.24, 2.45) is 5.73 Å². The molecule has 0 aliphatic rings. The molecule has 0 amide bonds. The Bertz CT molecular complexity index is 522. The second-order valence-corrected chi connectivity index (χ2v) is 5.64. The van der Waals surface area contributed by atoms with Crippen LogP contribution in [0.1, 0.15) is 28.5 Å². The number of hydrogen-bond acceptors (Lipinski definition) is 4. The number of ether oxygens (including phenoxy) is 1. The topological polar surface area (TPSA) is 48.1 Å². The van der Waals surface area contributed by atoms with Crippen LogP contribution in [0, 0.1) is 6.92 Å². The van der Waals surface area contributed by atoms with Crippen LogP contribution >= 0.6 is 22.9 Å². The molecule has 0 fully saturated rings. The maximum Gasteiger partial charge on any atom is 0.140 e. The van der Waals surface area contributed by atoms with Crippen LogP contribution < -0.4 is 10.5 Å². The van der Waals surface area contributed by atoms with Crippen molar-refractivity contribution >= 4 is 22.9 Å². The minimum absolute atomic E-state index is 0.0202. The van der Waals surface area contributed by atoms with E-state index in [1.165, 1.54) is 0 Å². The molecule has 5 heteroatoms. The highest BCUT2D eigenvalue weighted by molar-refractivity contribution is 7.11. The first-order valence-corrected chi connectivity index (χ1v) is 6.86. The fourth-order valence-electron chi connectivity index (χ4n) is 1.63. The summed E-state index contributed by atoms with van der Waals surface area (Å²) >= 11 is 7.41. The zero-order valence-corrected chi connectivity index (χ0v) is 11.9. The monoisotopic (exact) mass is 282 g/mol. The van der Waals surface area contributed by atoms with Crippen LogP contribution in [-0.4, -0.2) is 4.98 Å². The Kier molecular flexibility index (Phi) is 4.22. The highest BCUT2D eigenvalue weighted by Crippen LogP contribution is 2.24. The molecule has 2 N–H and O–H groups in total. The molecule has 1 aromatic carbocycles. The third-order valence-electron chi connectivity index (χ3n) is 2.47. The Balaban J connectivity index is 2.02. The molecule has 18 heavy (non-hydrogen) atoms. The predicted octanol–water partition coefficient (Wildman–Crippen LogP) is 3.70. The zero-order chi connectivity index (χ0) is 13.1. The summed E-state index contributed by atoms with van der Waals surface area (Å²) in [5, 5.41) is 1.64. The van der Waals surface area contributed by atoms with Crippen molar-refractivity contribution in [3.05, 3.63) is 44.9 Å². The first-order chi connectivity index (χ1) is 8.56. The highest BCUT2D eigenvalue weighted by Gasteiger charge is 2.11. The van der Waals surface area contributed by atoms with E-state index in [1.807, 2.05) is 26.0 Å². The second kappa shape index (κ2) is 5.69. The minimum Gasteiger partial charge on any atom is -0.486 e. The van der Waals surface area contributed by atoms with E-state index in [0.29, 0.717) is 11.6 Å². The lowest BCUT2D eigenvalue weighted by Crippen LogP contribution is -2.03. The third kappa shape index (κ3) is 3.22. The van der Waals surface area contributed by atoms with Gasteiger partial charge in [0, 0.05) is 15.9 Å². The van der Waals surface area contributed by atoms with Crippen molar-refractivity contribution in [3.63, 3.8) is 0 Å². The molecular weight excluding hydrogens is 268 g/mol. The van der Waals surface area contributed by atoms with Crippen molar-refractivity contribution in [2.45, 2.75) is 26.5 Å². The number of hydrogen-bond donors (Lipinski definition) is 1. The van der Waals surface area contributed by atoms with Gasteiger partial charge in [-0.25, -0.2) is 4.98 Å². The lowest BCUT2D eigenvalue weighted by atomic mass is 10.2. The Morgan fingerprint density at radius 1 is 1.39 bits per heavy atom. The number of aryl methyl sites for hydroxylation is 1. The molecule has 0 aliphatic heterocycles. The van der Waals surface area contributed by atoms with Gasteiger partial charge in [-0.15, -0.1) is 11.3 Å². The minimum atomic E-state index is 0.0202. The Hall–Kier alpha value is -1.10. The number of aromatic nitrogens is 1. The average Bonchev–Trinajstić information content (AvgIpc) is 2.70. The largest absolute Gasteiger partial charge is 0.486 e. The van der Waals surface area contributed by atoms with Crippen LogP contribution in [0.15, 0.2) is 24.3 Å². The van der Waals surface area contributed by atoms with Crippen molar-refractivity contribution in [1.82, 2.24) is 4.98 Å². The summed E-state index contributed by atoms with van der Waals surface area (Å²) in [6.45, 7) is 4.39. The molecular formula is C13H15ClN2OS. The number of nitrogens with two attached hydrogens (primary N) is 1. The molecule has 3 nitrogen and oxygen atoms in total. The van der Waals surface area contributed by atoms with Gasteiger partial charge in [0.25, 0.3) is 0 Å². The summed E-state index contributed by atoms with van der Waals surface area (Å²) < 4.78 is 5.64. The van der Waals surface area contributed by atoms with E-state index in [2.05, 4.69) is 4.98 Å². The zero-order valence-electron chi connectivity index (χ0n) is 10.3. The average molecular weight is 283 g/mol. The van der Waals surface area contributed by atoms with E-state index in [4.69, 9.17) is 22.1 Å². The van der Waals surface area contributed by atoms with Crippen molar-refractivity contribution < 1.29 is 4.74 Å². The van der Waals surface area contributed by atoms with Gasteiger partial charge in [-0.2, -0.15) is 0 Å². The van der Waals surface area contributed by atoms with E-state index < -0.39 is 0 Å². The number of rotatable bonds is 4. The van der Waals surface area contributed by atoms with E-state index >= 15 is 0 Å². The van der Waals surface area contributed by atoms with Crippen LogP contribution in [0.3, 0.4) is 0 Å². The molecule has 0 saturated carbocycles. The highest BCUT2D eigenvalue weighted by atomic mass is 35.5. The molecule has 0 radical (unpaired) electrons. The summed E-state index contributed by atoms with van der Waals surface area (Å²) in [5.41, 5.74) is 6.86. The predicted molar refractivity (Wildman–Crippen MR) is 75.2 cm³/mol. The van der Waals surface area contributed by atoms with Gasteiger partial charge < -0.3 is 10.5 Å². The van der Waals surface area contributed by atoms with E-state index in [9.17, 15) is 0 Å². The van der Waals surface area contributed by atoms with Crippen LogP contribution in [0.2, 0.25) is 5.02 Å². The maximum absolute atomic E-state index is 5.87. The number of halogens is 1. The fourth-order valence-corrected chi connectivity index (χ4v) is 2.69. The molecule has 0 aliphatic carbocycles. The van der Waals surface area contributed by atoms with Gasteiger partial charge >= 0.3 is 0 Å². The van der Waals surface area contributed by atoms with Crippen LogP contribution in [-0.2, 0) is 6.61 Å². The number of nitrogens with zero attached hydrogens (tertiary/aromatic N) is 1. The van der Waals surface area contributed by atoms with Gasteiger partial charge in [-0.1, -0.05) is 11.6 Å². The van der Waals surface area contributed by atoms with Gasteiger partial charge in [-0.3, -0.25) is 0 Å². The quantitative estimate of drug-likeness (QED) is 0.930. The van der Waals surface area contributed by atoms with Crippen LogP contribution in [0.4, 0.5) is 0 Å². The van der Waals surface area contributed by atoms with Gasteiger partial charge in [0.05, 0.1) is 5.69 Å². The number of benzene rings is 1. The fraction of sp³-hybridized carbons (Fsp3) is 0.308. The van der Waals surface area contributed by atoms with Crippen molar-refractivity contribution in [1.29, 1.82) is 0 Å². The van der Waals surface area contributed by atoms with Crippen LogP contribution in [0.25, 0.3) is 0 Å². The van der Waals surface area contributed by atoms with E-state index in [1.54, 1.807) is 23.5 Å². The lowest BCUT2D eigenvalue weighted by molar-refractivity contribution is 0.305. The Labute approximate surface area is 116 Å². The maximum atomic E-state index is 5.87. The Morgan fingerprint density at radius 3 is 2.61 bits per heavy atom. The summed E-state index contributed by atoms with van der Waals surface area (Å²) in [4.78, 5) is 5.57. The van der Waals surface area contributed by atoms with Crippen molar-refractivity contribution in [2.75, 3.05) is 0 Å². The summed E-state index contributed by atoms with van der Waals surface area (Å²) in [7, 11) is 0. The van der Waals surface area contributed by atoms with Crippen molar-refractivity contribution in [3.8, 4) is 5.75 Å². The third-order valence-corrected chi connectivity index (χ3v) is 4.05. The van der Waals surface area contributed by atoms with E-state index in [0.717, 1.165) is 21.3 Å². The standard InChI is InChI=1S/C13H15ClN2OS/c1-8(15)13-9(2)16-12(18-13)7-17-11-5-3-10(14)4-6-11/h3-6,8H,7,15H2,1-2H3. The van der Waals surface area contributed by atoms with E-state index in [-0.39, 0.29) is 6.04 Å². The summed E-state index contributed by atoms with van der Waals surface area (Å²) in [6, 6.07) is 7.31. The van der Waals surface area contributed by atoms with Crippen LogP contribution in [0.5, 0.6) is 5.75 Å². The molecule has 96 valence electrons. The molecule has 1 unspecified atom stereocenters.